The lowest BCUT2D eigenvalue weighted by atomic mass is 10.1. The molecule has 0 bridgehead atoms. The van der Waals surface area contributed by atoms with Gasteiger partial charge < -0.3 is 10.6 Å². The van der Waals surface area contributed by atoms with E-state index in [0.29, 0.717) is 0 Å². The molecule has 1 aliphatic rings. The second-order valence-electron chi connectivity index (χ2n) is 2.58. The molecule has 0 aliphatic carbocycles. The number of rotatable bonds is 0. The minimum absolute atomic E-state index is 0.228. The van der Waals surface area contributed by atoms with E-state index in [-0.39, 0.29) is 6.04 Å². The van der Waals surface area contributed by atoms with Crippen molar-refractivity contribution in [1.82, 2.24) is 4.90 Å². The molecule has 1 heterocycles. The summed E-state index contributed by atoms with van der Waals surface area (Å²) in [7, 11) is 2.12. The Morgan fingerprint density at radius 2 is 1.88 bits per heavy atom. The summed E-state index contributed by atoms with van der Waals surface area (Å²) < 4.78 is 0. The molecule has 1 fully saturated rings. The Morgan fingerprint density at radius 1 is 1.38 bits per heavy atom. The Labute approximate surface area is 50.7 Å². The molecule has 0 aromatic rings. The Bertz CT molecular complexity index is 54.9. The van der Waals surface area contributed by atoms with Crippen LogP contribution in [-0.2, 0) is 0 Å². The first-order chi connectivity index (χ1) is 3.79. The van der Waals surface area contributed by atoms with Gasteiger partial charge in [-0.15, -0.1) is 6.04 Å². The lowest BCUT2D eigenvalue weighted by molar-refractivity contribution is 0.270. The molecule has 2 heteroatoms. The van der Waals surface area contributed by atoms with Gasteiger partial charge >= 0.3 is 0 Å². The van der Waals surface area contributed by atoms with Gasteiger partial charge in [-0.3, -0.25) is 0 Å². The molecule has 1 saturated heterocycles. The number of piperidine rings is 1. The van der Waals surface area contributed by atoms with E-state index in [1.54, 1.807) is 0 Å². The Morgan fingerprint density at radius 3 is 2.25 bits per heavy atom. The van der Waals surface area contributed by atoms with Gasteiger partial charge in [0.25, 0.3) is 0 Å². The second-order valence-corrected chi connectivity index (χ2v) is 2.58. The third-order valence-electron chi connectivity index (χ3n) is 1.72. The first-order valence-corrected chi connectivity index (χ1v) is 3.18. The van der Waals surface area contributed by atoms with Gasteiger partial charge in [-0.2, -0.15) is 0 Å². The van der Waals surface area contributed by atoms with Crippen molar-refractivity contribution in [3.8, 4) is 0 Å². The summed E-state index contributed by atoms with van der Waals surface area (Å²) in [6.45, 7) is 2.24. The molecule has 1 rings (SSSR count). The molecule has 0 unspecified atom stereocenters. The topological polar surface area (TPSA) is 27.0 Å². The maximum atomic E-state index is 7.34. The van der Waals surface area contributed by atoms with Crippen molar-refractivity contribution in [1.29, 1.82) is 0 Å². The first kappa shape index (κ1) is 6.05. The van der Waals surface area contributed by atoms with Gasteiger partial charge in [0.15, 0.2) is 0 Å². The van der Waals surface area contributed by atoms with E-state index in [1.807, 2.05) is 0 Å². The van der Waals surface area contributed by atoms with Crippen LogP contribution in [0, 0.1) is 0 Å². The monoisotopic (exact) mass is 113 g/mol. The zero-order chi connectivity index (χ0) is 5.98. The fraction of sp³-hybridized carbons (Fsp3) is 1.00. The molecule has 1 N–H and O–H groups in total. The Kier molecular flexibility index (Phi) is 1.86. The van der Waals surface area contributed by atoms with E-state index in [0.717, 1.165) is 25.9 Å². The number of nitrogens with zero attached hydrogens (tertiary/aromatic N) is 1. The first-order valence-electron chi connectivity index (χ1n) is 3.18. The highest BCUT2D eigenvalue weighted by Crippen LogP contribution is 2.09. The molecule has 0 aromatic heterocycles. The molecule has 0 saturated carbocycles. The van der Waals surface area contributed by atoms with Gasteiger partial charge in [-0.25, -0.2) is 0 Å². The lowest BCUT2D eigenvalue weighted by Gasteiger charge is -2.31. The molecule has 2 nitrogen and oxygen atoms in total. The number of hydrogen-bond donors (Lipinski definition) is 0. The maximum Gasteiger partial charge on any atom is -0.00357 e. The molecule has 0 atom stereocenters. The van der Waals surface area contributed by atoms with E-state index >= 15 is 0 Å². The van der Waals surface area contributed by atoms with Gasteiger partial charge in [0.2, 0.25) is 0 Å². The highest BCUT2D eigenvalue weighted by atomic mass is 15.1. The van der Waals surface area contributed by atoms with E-state index in [2.05, 4.69) is 11.9 Å². The molecule has 8 heavy (non-hydrogen) atoms. The summed E-state index contributed by atoms with van der Waals surface area (Å²) in [5.74, 6) is 0. The van der Waals surface area contributed by atoms with Gasteiger partial charge in [-0.05, 0) is 20.1 Å². The van der Waals surface area contributed by atoms with E-state index in [9.17, 15) is 0 Å². The minimum atomic E-state index is 0.228. The third-order valence-corrected chi connectivity index (χ3v) is 1.72. The van der Waals surface area contributed by atoms with Crippen molar-refractivity contribution in [2.75, 3.05) is 20.1 Å². The van der Waals surface area contributed by atoms with Gasteiger partial charge in [0.05, 0.1) is 0 Å². The van der Waals surface area contributed by atoms with E-state index < -0.39 is 0 Å². The summed E-state index contributed by atoms with van der Waals surface area (Å²) in [5, 5.41) is 0. The van der Waals surface area contributed by atoms with Crippen molar-refractivity contribution in [3.05, 3.63) is 5.73 Å². The molecule has 0 spiro atoms. The maximum absolute atomic E-state index is 7.34. The lowest BCUT2D eigenvalue weighted by Crippen LogP contribution is -2.30. The molecule has 0 aromatic carbocycles. The number of nitrogens with one attached hydrogen (secondary N) is 1. The SMILES string of the molecule is CN1CCC([NH-])CC1. The highest BCUT2D eigenvalue weighted by Gasteiger charge is 2.06. The molecule has 1 aliphatic heterocycles. The van der Waals surface area contributed by atoms with Crippen LogP contribution in [0.15, 0.2) is 0 Å². The fourth-order valence-corrected chi connectivity index (χ4v) is 1.01. The summed E-state index contributed by atoms with van der Waals surface area (Å²) in [6, 6.07) is 0.228. The van der Waals surface area contributed by atoms with Crippen molar-refractivity contribution in [2.45, 2.75) is 18.9 Å². The number of likely N-dealkylation sites (tertiary alicyclic amines) is 1. The van der Waals surface area contributed by atoms with Crippen molar-refractivity contribution in [2.24, 2.45) is 0 Å². The van der Waals surface area contributed by atoms with Crippen LogP contribution < -0.4 is 0 Å². The predicted molar refractivity (Wildman–Crippen MR) is 34.8 cm³/mol. The zero-order valence-electron chi connectivity index (χ0n) is 5.35. The zero-order valence-corrected chi connectivity index (χ0v) is 5.35. The third kappa shape index (κ3) is 1.46. The summed E-state index contributed by atoms with van der Waals surface area (Å²) in [4.78, 5) is 2.28. The van der Waals surface area contributed by atoms with Crippen LogP contribution in [0.4, 0.5) is 0 Å². The highest BCUT2D eigenvalue weighted by molar-refractivity contribution is 4.79. The van der Waals surface area contributed by atoms with Crippen LogP contribution in [0.2, 0.25) is 0 Å². The average molecular weight is 113 g/mol. The average Bonchev–Trinajstić information content (AvgIpc) is 1.77. The van der Waals surface area contributed by atoms with Crippen LogP contribution in [0.25, 0.3) is 5.73 Å². The quantitative estimate of drug-likeness (QED) is 0.462. The van der Waals surface area contributed by atoms with Crippen molar-refractivity contribution < 1.29 is 0 Å². The second kappa shape index (κ2) is 2.46. The summed E-state index contributed by atoms with van der Waals surface area (Å²) in [6.07, 6.45) is 2.13. The van der Waals surface area contributed by atoms with Gasteiger partial charge in [-0.1, -0.05) is 12.8 Å². The summed E-state index contributed by atoms with van der Waals surface area (Å²) >= 11 is 0. The van der Waals surface area contributed by atoms with Crippen LogP contribution >= 0.6 is 0 Å². The largest absolute Gasteiger partial charge is 0.675 e. The van der Waals surface area contributed by atoms with Crippen LogP contribution in [-0.4, -0.2) is 31.1 Å². The molecule has 0 radical (unpaired) electrons. The molecule has 0 amide bonds. The van der Waals surface area contributed by atoms with Crippen molar-refractivity contribution >= 4 is 0 Å². The Balaban J connectivity index is 2.19. The Hall–Kier alpha value is -0.0800. The normalized spacial score (nSPS) is 26.2. The van der Waals surface area contributed by atoms with Gasteiger partial charge in [0.1, 0.15) is 0 Å². The molecular formula is C6H13N2-. The van der Waals surface area contributed by atoms with Gasteiger partial charge in [0, 0.05) is 0 Å². The number of hydrogen-bond acceptors (Lipinski definition) is 1. The van der Waals surface area contributed by atoms with E-state index in [1.165, 1.54) is 0 Å². The van der Waals surface area contributed by atoms with Crippen LogP contribution in [0.5, 0.6) is 0 Å². The van der Waals surface area contributed by atoms with E-state index in [4.69, 9.17) is 5.73 Å². The summed E-state index contributed by atoms with van der Waals surface area (Å²) in [5.41, 5.74) is 7.34. The van der Waals surface area contributed by atoms with Crippen molar-refractivity contribution in [3.63, 3.8) is 0 Å². The predicted octanol–water partition coefficient (Wildman–Crippen LogP) is 1.13. The van der Waals surface area contributed by atoms with Crippen LogP contribution in [0.1, 0.15) is 12.8 Å². The van der Waals surface area contributed by atoms with Crippen LogP contribution in [0.3, 0.4) is 0 Å². The fourth-order valence-electron chi connectivity index (χ4n) is 1.01. The molecular weight excluding hydrogens is 100 g/mol. The minimum Gasteiger partial charge on any atom is -0.675 e. The smallest absolute Gasteiger partial charge is 0.00357 e. The molecule has 48 valence electrons. The standard InChI is InChI=1S/C6H13N2/c1-8-4-2-6(7)3-5-8/h6-7H,2-5H2,1H3/q-1.